The molecular formula is C25H28Cl2N4O3. The third-order valence-electron chi connectivity index (χ3n) is 4.51. The fraction of sp³-hybridized carbons (Fsp3) is 0.240. The summed E-state index contributed by atoms with van der Waals surface area (Å²) in [5.41, 5.74) is 5.98. The maximum atomic E-state index is 12.8. The van der Waals surface area contributed by atoms with Gasteiger partial charge in [-0.25, -0.2) is 4.98 Å². The van der Waals surface area contributed by atoms with Crippen molar-refractivity contribution in [2.24, 2.45) is 11.7 Å². The van der Waals surface area contributed by atoms with Crippen molar-refractivity contribution >= 4 is 52.7 Å². The van der Waals surface area contributed by atoms with E-state index in [0.717, 1.165) is 5.75 Å². The van der Waals surface area contributed by atoms with Gasteiger partial charge in [0.15, 0.2) is 5.82 Å². The zero-order chi connectivity index (χ0) is 25.1. The topological polar surface area (TPSA) is 97.6 Å². The van der Waals surface area contributed by atoms with E-state index in [9.17, 15) is 4.79 Å². The number of rotatable bonds is 8. The van der Waals surface area contributed by atoms with Crippen LogP contribution in [0.15, 0.2) is 60.8 Å². The lowest BCUT2D eigenvalue weighted by Gasteiger charge is -2.24. The van der Waals surface area contributed by atoms with Gasteiger partial charge >= 0.3 is 0 Å². The smallest absolute Gasteiger partial charge is 0.255 e. The van der Waals surface area contributed by atoms with E-state index in [-0.39, 0.29) is 12.3 Å². The molecule has 0 bridgehead atoms. The van der Waals surface area contributed by atoms with E-state index in [4.69, 9.17) is 32.7 Å². The minimum absolute atomic E-state index is 0.239. The van der Waals surface area contributed by atoms with E-state index in [0.29, 0.717) is 51.9 Å². The molecule has 0 radical (unpaired) electrons. The molecule has 9 heteroatoms. The largest absolute Gasteiger partial charge is 0.493 e. The van der Waals surface area contributed by atoms with Gasteiger partial charge in [0.1, 0.15) is 5.75 Å². The summed E-state index contributed by atoms with van der Waals surface area (Å²) in [5, 5.41) is 3.92. The molecule has 0 aliphatic rings. The van der Waals surface area contributed by atoms with Gasteiger partial charge in [0.25, 0.3) is 5.91 Å². The summed E-state index contributed by atoms with van der Waals surface area (Å²) >= 11 is 12.8. The summed E-state index contributed by atoms with van der Waals surface area (Å²) in [7, 11) is 0. The molecule has 1 aromatic heterocycles. The van der Waals surface area contributed by atoms with Gasteiger partial charge in [0, 0.05) is 24.0 Å². The second-order valence-electron chi connectivity index (χ2n) is 7.54. The number of nitrogens with one attached hydrogen (secondary N) is 1. The lowest BCUT2D eigenvalue weighted by atomic mass is 10.1. The van der Waals surface area contributed by atoms with Crippen LogP contribution in [0.25, 0.3) is 0 Å². The maximum Gasteiger partial charge on any atom is 0.255 e. The van der Waals surface area contributed by atoms with E-state index in [1.54, 1.807) is 36.5 Å². The van der Waals surface area contributed by atoms with Crippen LogP contribution < -0.4 is 20.7 Å². The van der Waals surface area contributed by atoms with Crippen LogP contribution in [0.3, 0.4) is 0 Å². The third kappa shape index (κ3) is 7.64. The molecule has 0 saturated heterocycles. The monoisotopic (exact) mass is 502 g/mol. The number of nitrogens with zero attached hydrogens (tertiary/aromatic N) is 2. The number of primary amides is 1. The zero-order valence-electron chi connectivity index (χ0n) is 19.3. The van der Waals surface area contributed by atoms with Crippen LogP contribution in [-0.4, -0.2) is 30.5 Å². The van der Waals surface area contributed by atoms with Gasteiger partial charge in [-0.05, 0) is 67.4 Å². The first-order valence-electron chi connectivity index (χ1n) is 10.7. The number of halogens is 2. The highest BCUT2D eigenvalue weighted by Gasteiger charge is 2.17. The van der Waals surface area contributed by atoms with E-state index in [2.05, 4.69) is 29.9 Å². The molecule has 0 aliphatic carbocycles. The molecule has 3 rings (SSSR count). The molecule has 0 spiro atoms. The van der Waals surface area contributed by atoms with Crippen molar-refractivity contribution in [1.29, 1.82) is 0 Å². The molecule has 3 aromatic rings. The Morgan fingerprint density at radius 2 is 1.82 bits per heavy atom. The highest BCUT2D eigenvalue weighted by atomic mass is 35.5. The number of amides is 2. The van der Waals surface area contributed by atoms with Crippen LogP contribution in [0.5, 0.6) is 5.75 Å². The normalized spacial score (nSPS) is 10.2. The lowest BCUT2D eigenvalue weighted by Crippen LogP contribution is -2.19. The van der Waals surface area contributed by atoms with Crippen LogP contribution in [-0.2, 0) is 4.79 Å². The number of benzene rings is 2. The Kier molecular flexibility index (Phi) is 10.6. The molecule has 180 valence electrons. The fourth-order valence-corrected chi connectivity index (χ4v) is 3.41. The van der Waals surface area contributed by atoms with E-state index in [1.807, 2.05) is 36.1 Å². The van der Waals surface area contributed by atoms with Crippen molar-refractivity contribution in [3.05, 3.63) is 76.4 Å². The number of carbonyl (C=O) groups excluding carboxylic acids is 2. The molecule has 2 amide bonds. The first-order valence-corrected chi connectivity index (χ1v) is 11.4. The quantitative estimate of drug-likeness (QED) is 0.371. The predicted octanol–water partition coefficient (Wildman–Crippen LogP) is 5.94. The standard InChI is InChI=1S/C24H25Cl2N3O2.CH3NO/c1-4-29(23-21(26)6-5-13-27-23)22-14-17(7-12-20(22)25)24(30)28-18-8-10-19(11-9-18)31-15-16(2)3;2-1-3/h5-14,16H,4,15H2,1-3H3,(H,28,30);1H,(H2,2,3). The van der Waals surface area contributed by atoms with Gasteiger partial charge in [-0.3, -0.25) is 9.59 Å². The third-order valence-corrected chi connectivity index (χ3v) is 5.12. The molecule has 0 saturated carbocycles. The molecule has 7 nitrogen and oxygen atoms in total. The Morgan fingerprint density at radius 3 is 2.41 bits per heavy atom. The van der Waals surface area contributed by atoms with Gasteiger partial charge in [-0.2, -0.15) is 0 Å². The fourth-order valence-electron chi connectivity index (χ4n) is 2.97. The number of pyridine rings is 1. The molecule has 1 heterocycles. The number of nitrogens with two attached hydrogens (primary N) is 1. The van der Waals surface area contributed by atoms with Gasteiger partial charge in [0.05, 0.1) is 22.3 Å². The highest BCUT2D eigenvalue weighted by Crippen LogP contribution is 2.35. The SMILES string of the molecule is CCN(c1cc(C(=O)Nc2ccc(OCC(C)C)cc2)ccc1Cl)c1ncccc1Cl.NC=O. The van der Waals surface area contributed by atoms with Crippen molar-refractivity contribution < 1.29 is 14.3 Å². The first-order chi connectivity index (χ1) is 16.3. The molecule has 0 atom stereocenters. The van der Waals surface area contributed by atoms with E-state index < -0.39 is 0 Å². The van der Waals surface area contributed by atoms with Crippen LogP contribution in [0.1, 0.15) is 31.1 Å². The van der Waals surface area contributed by atoms with Crippen molar-refractivity contribution in [2.75, 3.05) is 23.4 Å². The van der Waals surface area contributed by atoms with Gasteiger partial charge < -0.3 is 20.7 Å². The van der Waals surface area contributed by atoms with Gasteiger partial charge in [-0.15, -0.1) is 0 Å². The highest BCUT2D eigenvalue weighted by molar-refractivity contribution is 6.35. The predicted molar refractivity (Wildman–Crippen MR) is 138 cm³/mol. The van der Waals surface area contributed by atoms with Crippen molar-refractivity contribution in [3.63, 3.8) is 0 Å². The second-order valence-corrected chi connectivity index (χ2v) is 8.35. The number of ether oxygens (including phenoxy) is 1. The van der Waals surface area contributed by atoms with Crippen molar-refractivity contribution in [1.82, 2.24) is 4.98 Å². The molecule has 34 heavy (non-hydrogen) atoms. The number of aromatic nitrogens is 1. The summed E-state index contributed by atoms with van der Waals surface area (Å²) in [6, 6.07) is 16.0. The van der Waals surface area contributed by atoms with Crippen LogP contribution >= 0.6 is 23.2 Å². The first kappa shape index (κ1) is 27.0. The van der Waals surface area contributed by atoms with Crippen molar-refractivity contribution in [3.8, 4) is 5.75 Å². The molecule has 0 fully saturated rings. The minimum atomic E-state index is -0.239. The Morgan fingerprint density at radius 1 is 1.15 bits per heavy atom. The minimum Gasteiger partial charge on any atom is -0.493 e. The number of hydrogen-bond acceptors (Lipinski definition) is 5. The van der Waals surface area contributed by atoms with Crippen molar-refractivity contribution in [2.45, 2.75) is 20.8 Å². The average molecular weight is 503 g/mol. The Hall–Kier alpha value is -3.29. The summed E-state index contributed by atoms with van der Waals surface area (Å²) in [4.78, 5) is 27.7. The number of anilines is 3. The Labute approximate surface area is 209 Å². The van der Waals surface area contributed by atoms with Gasteiger partial charge in [0.2, 0.25) is 6.41 Å². The van der Waals surface area contributed by atoms with Gasteiger partial charge in [-0.1, -0.05) is 37.0 Å². The van der Waals surface area contributed by atoms with Crippen LogP contribution in [0, 0.1) is 5.92 Å². The van der Waals surface area contributed by atoms with E-state index in [1.165, 1.54) is 0 Å². The Balaban J connectivity index is 0.00000129. The average Bonchev–Trinajstić information content (AvgIpc) is 2.82. The summed E-state index contributed by atoms with van der Waals surface area (Å²) < 4.78 is 5.68. The molecular weight excluding hydrogens is 475 g/mol. The number of hydrogen-bond donors (Lipinski definition) is 2. The van der Waals surface area contributed by atoms with Crippen LogP contribution in [0.4, 0.5) is 17.2 Å². The van der Waals surface area contributed by atoms with Crippen LogP contribution in [0.2, 0.25) is 10.0 Å². The molecule has 2 aromatic carbocycles. The zero-order valence-corrected chi connectivity index (χ0v) is 20.8. The second kappa shape index (κ2) is 13.4. The summed E-state index contributed by atoms with van der Waals surface area (Å²) in [5.74, 6) is 1.56. The number of carbonyl (C=O) groups is 2. The lowest BCUT2D eigenvalue weighted by molar-refractivity contribution is -0.106. The summed E-state index contributed by atoms with van der Waals surface area (Å²) in [6.45, 7) is 7.39. The molecule has 3 N–H and O–H groups in total. The maximum absolute atomic E-state index is 12.8. The van der Waals surface area contributed by atoms with E-state index >= 15 is 0 Å². The summed E-state index contributed by atoms with van der Waals surface area (Å²) in [6.07, 6.45) is 1.92. The molecule has 0 aliphatic heterocycles. The molecule has 0 unspecified atom stereocenters. The Bertz CT molecular complexity index is 1090.